The Hall–Kier alpha value is -5.76. The number of nitrogens with two attached hydrogens (primary N) is 1. The number of hydrogen-bond acceptors (Lipinski definition) is 11. The van der Waals surface area contributed by atoms with Crippen LogP contribution in [0, 0.1) is 0 Å². The standard InChI is InChI=1S/C28H47N11O10/c1-18(2)30-8-24(45)36(4)14-20(41)32-10-26(47)38(6)16-22(43)34-12-28(49)39(7)17-23(44)33-11-27(48)37(5)15-21(42)31-9-25(46)35(3)13-19(29)40/h30H,1,8-17H2,2-7H3,(H2,29,40)(H,31,42)(H,32,41)(H,33,44)(H,34,43). The van der Waals surface area contributed by atoms with E-state index < -0.39 is 99.0 Å². The molecule has 0 heterocycles. The van der Waals surface area contributed by atoms with Crippen LogP contribution in [0.3, 0.4) is 0 Å². The van der Waals surface area contributed by atoms with Gasteiger partial charge >= 0.3 is 0 Å². The van der Waals surface area contributed by atoms with Crippen LogP contribution in [0.15, 0.2) is 12.3 Å². The third-order valence-electron chi connectivity index (χ3n) is 6.33. The second kappa shape index (κ2) is 21.9. The van der Waals surface area contributed by atoms with Crippen molar-refractivity contribution in [2.45, 2.75) is 6.92 Å². The molecule has 0 saturated heterocycles. The quantitative estimate of drug-likeness (QED) is 0.0656. The molecule has 0 spiro atoms. The van der Waals surface area contributed by atoms with Gasteiger partial charge in [-0.15, -0.1) is 0 Å². The van der Waals surface area contributed by atoms with Crippen molar-refractivity contribution in [3.63, 3.8) is 0 Å². The Morgan fingerprint density at radius 2 is 0.633 bits per heavy atom. The van der Waals surface area contributed by atoms with E-state index in [0.29, 0.717) is 5.70 Å². The summed E-state index contributed by atoms with van der Waals surface area (Å²) in [7, 11) is 6.64. The van der Waals surface area contributed by atoms with Crippen molar-refractivity contribution in [2.24, 2.45) is 5.73 Å². The first-order valence-corrected chi connectivity index (χ1v) is 14.7. The van der Waals surface area contributed by atoms with E-state index in [2.05, 4.69) is 33.2 Å². The maximum Gasteiger partial charge on any atom is 0.242 e. The fraction of sp³-hybridized carbons (Fsp3) is 0.571. The van der Waals surface area contributed by atoms with Crippen molar-refractivity contribution in [3.8, 4) is 0 Å². The fourth-order valence-corrected chi connectivity index (χ4v) is 3.36. The smallest absolute Gasteiger partial charge is 0.242 e. The van der Waals surface area contributed by atoms with Crippen molar-refractivity contribution in [1.82, 2.24) is 51.1 Å². The lowest BCUT2D eigenvalue weighted by molar-refractivity contribution is -0.138. The molecule has 0 radical (unpaired) electrons. The molecular formula is C28H47N11O10. The van der Waals surface area contributed by atoms with Crippen LogP contribution in [-0.4, -0.2) is 184 Å². The molecule has 7 N–H and O–H groups in total. The van der Waals surface area contributed by atoms with Crippen molar-refractivity contribution in [3.05, 3.63) is 12.3 Å². The molecule has 0 aromatic rings. The van der Waals surface area contributed by atoms with Gasteiger partial charge in [-0.1, -0.05) is 6.58 Å². The predicted molar refractivity (Wildman–Crippen MR) is 172 cm³/mol. The average Bonchev–Trinajstić information content (AvgIpc) is 3.01. The van der Waals surface area contributed by atoms with E-state index in [1.807, 2.05) is 0 Å². The Bertz CT molecular complexity index is 1290. The van der Waals surface area contributed by atoms with Gasteiger partial charge in [-0.2, -0.15) is 0 Å². The average molecular weight is 698 g/mol. The minimum atomic E-state index is -0.725. The van der Waals surface area contributed by atoms with Crippen LogP contribution < -0.4 is 32.3 Å². The van der Waals surface area contributed by atoms with Crippen LogP contribution in [0.5, 0.6) is 0 Å². The number of likely N-dealkylation sites (N-methyl/N-ethyl adjacent to an activating group) is 5. The summed E-state index contributed by atoms with van der Waals surface area (Å²) >= 11 is 0. The molecule has 0 bridgehead atoms. The summed E-state index contributed by atoms with van der Waals surface area (Å²) in [6.07, 6.45) is 0. The molecule has 10 amide bonds. The summed E-state index contributed by atoms with van der Waals surface area (Å²) < 4.78 is 0. The van der Waals surface area contributed by atoms with E-state index in [1.165, 1.54) is 35.2 Å². The largest absolute Gasteiger partial charge is 0.380 e. The summed E-state index contributed by atoms with van der Waals surface area (Å²) in [4.78, 5) is 125. The third-order valence-corrected chi connectivity index (χ3v) is 6.33. The van der Waals surface area contributed by atoms with E-state index in [1.54, 1.807) is 6.92 Å². The second-order valence-electron chi connectivity index (χ2n) is 11.0. The van der Waals surface area contributed by atoms with Gasteiger partial charge in [0.1, 0.15) is 0 Å². The van der Waals surface area contributed by atoms with E-state index in [0.717, 1.165) is 24.5 Å². The highest BCUT2D eigenvalue weighted by Crippen LogP contribution is 1.91. The first-order valence-electron chi connectivity index (χ1n) is 14.7. The summed E-state index contributed by atoms with van der Waals surface area (Å²) in [6.45, 7) is 1.44. The molecule has 0 aromatic carbocycles. The highest BCUT2D eigenvalue weighted by molar-refractivity contribution is 5.93. The predicted octanol–water partition coefficient (Wildman–Crippen LogP) is -6.65. The molecule has 0 aromatic heterocycles. The maximum atomic E-state index is 12.4. The number of nitrogens with zero attached hydrogens (tertiary/aromatic N) is 5. The highest BCUT2D eigenvalue weighted by Gasteiger charge is 2.20. The van der Waals surface area contributed by atoms with Gasteiger partial charge in [0.25, 0.3) is 0 Å². The number of primary amides is 1. The Morgan fingerprint density at radius 3 is 0.837 bits per heavy atom. The number of allylic oxidation sites excluding steroid dienone is 1. The minimum absolute atomic E-state index is 0.0435. The van der Waals surface area contributed by atoms with Gasteiger partial charge in [0.05, 0.1) is 65.4 Å². The van der Waals surface area contributed by atoms with Crippen LogP contribution in [-0.2, 0) is 47.9 Å². The number of hydrogen-bond donors (Lipinski definition) is 6. The topological polar surface area (TPSA) is 273 Å². The van der Waals surface area contributed by atoms with Gasteiger partial charge in [-0.25, -0.2) is 0 Å². The lowest BCUT2D eigenvalue weighted by atomic mass is 10.4. The zero-order valence-electron chi connectivity index (χ0n) is 28.7. The van der Waals surface area contributed by atoms with E-state index >= 15 is 0 Å². The monoisotopic (exact) mass is 697 g/mol. The normalized spacial score (nSPS) is 10.0. The van der Waals surface area contributed by atoms with Crippen LogP contribution >= 0.6 is 0 Å². The number of carbonyl (C=O) groups excluding carboxylic acids is 10. The molecule has 274 valence electrons. The minimum Gasteiger partial charge on any atom is -0.380 e. The highest BCUT2D eigenvalue weighted by atomic mass is 16.2. The van der Waals surface area contributed by atoms with Gasteiger partial charge in [-0.05, 0) is 6.92 Å². The van der Waals surface area contributed by atoms with Gasteiger partial charge in [0.15, 0.2) is 0 Å². The van der Waals surface area contributed by atoms with E-state index in [4.69, 9.17) is 5.73 Å². The SMILES string of the molecule is C=C(C)NCC(=O)N(C)CC(=O)NCC(=O)N(C)CC(=O)NCC(=O)N(C)CC(=O)NCC(=O)N(C)CC(=O)NCC(=O)N(C)CC(N)=O. The summed E-state index contributed by atoms with van der Waals surface area (Å²) in [5.74, 6) is -6.22. The van der Waals surface area contributed by atoms with Gasteiger partial charge in [0.2, 0.25) is 59.1 Å². The molecule has 0 saturated carbocycles. The Balaban J connectivity index is 4.42. The number of nitrogens with one attached hydrogen (secondary N) is 5. The first-order chi connectivity index (χ1) is 22.7. The zero-order chi connectivity index (χ0) is 37.8. The summed E-state index contributed by atoms with van der Waals surface area (Å²) in [5, 5.41) is 12.0. The van der Waals surface area contributed by atoms with Crippen LogP contribution in [0.4, 0.5) is 0 Å². The number of rotatable bonds is 21. The number of carbonyl (C=O) groups is 10. The van der Waals surface area contributed by atoms with Crippen molar-refractivity contribution in [2.75, 3.05) is 101 Å². The zero-order valence-corrected chi connectivity index (χ0v) is 28.7. The number of amides is 10. The van der Waals surface area contributed by atoms with Crippen molar-refractivity contribution >= 4 is 59.1 Å². The molecule has 0 fully saturated rings. The molecule has 0 unspecified atom stereocenters. The first kappa shape index (κ1) is 43.2. The molecule has 49 heavy (non-hydrogen) atoms. The second-order valence-corrected chi connectivity index (χ2v) is 11.0. The van der Waals surface area contributed by atoms with Crippen molar-refractivity contribution in [1.29, 1.82) is 0 Å². The third kappa shape index (κ3) is 19.5. The Morgan fingerprint density at radius 1 is 0.429 bits per heavy atom. The Kier molecular flexibility index (Phi) is 19.3. The van der Waals surface area contributed by atoms with Gasteiger partial charge < -0.3 is 56.8 Å². The fourth-order valence-electron chi connectivity index (χ4n) is 3.36. The van der Waals surface area contributed by atoms with Crippen LogP contribution in [0.1, 0.15) is 6.92 Å². The Labute approximate surface area is 283 Å². The van der Waals surface area contributed by atoms with Crippen LogP contribution in [0.25, 0.3) is 0 Å². The van der Waals surface area contributed by atoms with Crippen molar-refractivity contribution < 1.29 is 47.9 Å². The molecule has 0 aliphatic rings. The molecular weight excluding hydrogens is 650 g/mol. The summed E-state index contributed by atoms with van der Waals surface area (Å²) in [6, 6.07) is 0. The molecule has 21 heteroatoms. The molecule has 21 nitrogen and oxygen atoms in total. The molecule has 0 aliphatic heterocycles. The summed E-state index contributed by atoms with van der Waals surface area (Å²) in [5.41, 5.74) is 5.59. The molecule has 0 aliphatic carbocycles. The molecule has 0 rings (SSSR count). The maximum absolute atomic E-state index is 12.4. The molecule has 0 atom stereocenters. The van der Waals surface area contributed by atoms with E-state index in [9.17, 15) is 47.9 Å². The lowest BCUT2D eigenvalue weighted by Crippen LogP contribution is -2.48. The van der Waals surface area contributed by atoms with Gasteiger partial charge in [-0.3, -0.25) is 47.9 Å². The lowest BCUT2D eigenvalue weighted by Gasteiger charge is -2.20. The van der Waals surface area contributed by atoms with Crippen LogP contribution in [0.2, 0.25) is 0 Å². The van der Waals surface area contributed by atoms with E-state index in [-0.39, 0.29) is 25.5 Å². The van der Waals surface area contributed by atoms with Gasteiger partial charge in [0, 0.05) is 40.9 Å².